The third kappa shape index (κ3) is 4.31. The molecule has 0 aromatic rings. The van der Waals surface area contributed by atoms with Crippen LogP contribution in [0.25, 0.3) is 0 Å². The minimum Gasteiger partial charge on any atom is -0.458 e. The third-order valence-corrected chi connectivity index (χ3v) is 1.61. The van der Waals surface area contributed by atoms with E-state index in [0.717, 1.165) is 0 Å². The molecule has 0 bridgehead atoms. The molecule has 0 aliphatic rings. The van der Waals surface area contributed by atoms with E-state index in [-0.39, 0.29) is 0 Å². The van der Waals surface area contributed by atoms with E-state index in [1.54, 1.807) is 0 Å². The first-order valence-corrected chi connectivity index (χ1v) is 4.48. The maximum Gasteiger partial charge on any atom is 0.456 e. The number of ether oxygens (including phenoxy) is 1. The minimum absolute atomic E-state index is 1.19. The molecule has 0 aliphatic carbocycles. The van der Waals surface area contributed by atoms with E-state index in [1.165, 1.54) is 13.8 Å². The van der Waals surface area contributed by atoms with Gasteiger partial charge in [0.2, 0.25) is 0 Å². The maximum atomic E-state index is 12.3. The fourth-order valence-corrected chi connectivity index (χ4v) is 0.524. The molecule has 0 N–H and O–H groups in total. The lowest BCUT2D eigenvalue weighted by Crippen LogP contribution is -2.42. The Morgan fingerprint density at radius 1 is 1.20 bits per heavy atom. The van der Waals surface area contributed by atoms with Gasteiger partial charge in [-0.3, -0.25) is 4.79 Å². The molecule has 0 aromatic heterocycles. The molecule has 0 saturated carbocycles. The number of halogens is 6. The van der Waals surface area contributed by atoms with Crippen molar-refractivity contribution in [3.05, 3.63) is 0 Å². The van der Waals surface area contributed by atoms with Crippen LogP contribution < -0.4 is 0 Å². The second-order valence-electron chi connectivity index (χ2n) is 3.25. The van der Waals surface area contributed by atoms with Crippen LogP contribution in [-0.4, -0.2) is 29.0 Å². The number of hydrogen-bond donors (Lipinski definition) is 0. The fraction of sp³-hybridized carbons (Fsp3) is 0.857. The van der Waals surface area contributed by atoms with Gasteiger partial charge in [0.25, 0.3) is 0 Å². The Morgan fingerprint density at radius 3 is 1.87 bits per heavy atom. The van der Waals surface area contributed by atoms with E-state index in [9.17, 15) is 26.7 Å². The molecule has 90 valence electrons. The summed E-state index contributed by atoms with van der Waals surface area (Å²) < 4.78 is 62.0. The number of rotatable bonds is 3. The monoisotopic (exact) mass is 298 g/mol. The van der Waals surface area contributed by atoms with Crippen molar-refractivity contribution in [2.24, 2.45) is 0 Å². The summed E-state index contributed by atoms with van der Waals surface area (Å²) in [5.74, 6) is -6.22. The van der Waals surface area contributed by atoms with Crippen LogP contribution in [-0.2, 0) is 9.53 Å². The smallest absolute Gasteiger partial charge is 0.456 e. The van der Waals surface area contributed by atoms with Crippen LogP contribution in [0.1, 0.15) is 13.8 Å². The van der Waals surface area contributed by atoms with Crippen molar-refractivity contribution >= 4 is 21.9 Å². The van der Waals surface area contributed by atoms with Gasteiger partial charge in [0.05, 0.1) is 0 Å². The third-order valence-electron chi connectivity index (χ3n) is 1.28. The zero-order valence-electron chi connectivity index (χ0n) is 7.79. The highest BCUT2D eigenvalue weighted by atomic mass is 79.9. The lowest BCUT2D eigenvalue weighted by Gasteiger charge is -2.21. The van der Waals surface area contributed by atoms with E-state index in [2.05, 4.69) is 20.7 Å². The number of esters is 1. The molecule has 0 aromatic carbocycles. The molecule has 0 spiro atoms. The van der Waals surface area contributed by atoms with E-state index >= 15 is 0 Å². The van der Waals surface area contributed by atoms with Gasteiger partial charge >= 0.3 is 18.1 Å². The largest absolute Gasteiger partial charge is 0.458 e. The van der Waals surface area contributed by atoms with E-state index in [1.807, 2.05) is 0 Å². The van der Waals surface area contributed by atoms with Gasteiger partial charge in [-0.1, -0.05) is 15.9 Å². The Kier molecular flexibility index (Phi) is 4.11. The van der Waals surface area contributed by atoms with Gasteiger partial charge in [-0.15, -0.1) is 0 Å². The standard InChI is InChI=1S/C7H8BrF5O2/c1-5(2,8)4(14)15-3-6(9,10)7(11,12)13/h3H2,1-2H3. The van der Waals surface area contributed by atoms with E-state index in [4.69, 9.17) is 0 Å². The molecule has 0 atom stereocenters. The summed E-state index contributed by atoms with van der Waals surface area (Å²) in [5, 5.41) is 0. The molecule has 0 heterocycles. The van der Waals surface area contributed by atoms with Crippen molar-refractivity contribution in [2.75, 3.05) is 6.61 Å². The van der Waals surface area contributed by atoms with Crippen LogP contribution in [0.3, 0.4) is 0 Å². The summed E-state index contributed by atoms with van der Waals surface area (Å²) in [6.45, 7) is 0.520. The molecule has 0 rings (SSSR count). The summed E-state index contributed by atoms with van der Waals surface area (Å²) in [6.07, 6.45) is -5.72. The summed E-state index contributed by atoms with van der Waals surface area (Å²) in [5.41, 5.74) is 0. The number of hydrogen-bond acceptors (Lipinski definition) is 2. The van der Waals surface area contributed by atoms with Crippen molar-refractivity contribution in [1.29, 1.82) is 0 Å². The highest BCUT2D eigenvalue weighted by molar-refractivity contribution is 9.10. The Balaban J connectivity index is 4.36. The first-order valence-electron chi connectivity index (χ1n) is 3.68. The second kappa shape index (κ2) is 4.23. The highest BCUT2D eigenvalue weighted by Gasteiger charge is 2.58. The molecule has 0 unspecified atom stereocenters. The molecule has 0 aliphatic heterocycles. The van der Waals surface area contributed by atoms with Crippen molar-refractivity contribution in [3.8, 4) is 0 Å². The zero-order valence-corrected chi connectivity index (χ0v) is 9.38. The van der Waals surface area contributed by atoms with Gasteiger partial charge in [0.1, 0.15) is 4.32 Å². The average molecular weight is 299 g/mol. The van der Waals surface area contributed by atoms with Gasteiger partial charge in [0, 0.05) is 0 Å². The Labute approximate surface area is 90.9 Å². The zero-order chi connectivity index (χ0) is 12.5. The molecule has 15 heavy (non-hydrogen) atoms. The summed E-state index contributed by atoms with van der Waals surface area (Å²) in [4.78, 5) is 10.9. The van der Waals surface area contributed by atoms with E-state index < -0.39 is 29.0 Å². The minimum atomic E-state index is -5.72. The van der Waals surface area contributed by atoms with Gasteiger partial charge in [0.15, 0.2) is 6.61 Å². The molecule has 8 heteroatoms. The molecular weight excluding hydrogens is 291 g/mol. The highest BCUT2D eigenvalue weighted by Crippen LogP contribution is 2.35. The van der Waals surface area contributed by atoms with Gasteiger partial charge in [-0.25, -0.2) is 0 Å². The van der Waals surface area contributed by atoms with Gasteiger partial charge in [-0.05, 0) is 13.8 Å². The Hall–Kier alpha value is -0.400. The van der Waals surface area contributed by atoms with E-state index in [0.29, 0.717) is 0 Å². The molecule has 0 fully saturated rings. The van der Waals surface area contributed by atoms with Crippen molar-refractivity contribution < 1.29 is 31.5 Å². The molecule has 2 nitrogen and oxygen atoms in total. The SMILES string of the molecule is CC(C)(Br)C(=O)OCC(F)(F)C(F)(F)F. The van der Waals surface area contributed by atoms with Crippen LogP contribution in [0.15, 0.2) is 0 Å². The topological polar surface area (TPSA) is 26.3 Å². The first kappa shape index (κ1) is 14.6. The fourth-order valence-electron chi connectivity index (χ4n) is 0.410. The lowest BCUT2D eigenvalue weighted by molar-refractivity contribution is -0.294. The summed E-state index contributed by atoms with van der Waals surface area (Å²) >= 11 is 2.76. The van der Waals surface area contributed by atoms with Gasteiger partial charge in [-0.2, -0.15) is 22.0 Å². The predicted molar refractivity (Wildman–Crippen MR) is 45.0 cm³/mol. The van der Waals surface area contributed by atoms with Crippen molar-refractivity contribution in [3.63, 3.8) is 0 Å². The molecule has 0 radical (unpaired) electrons. The van der Waals surface area contributed by atoms with Crippen LogP contribution in [0, 0.1) is 0 Å². The Bertz CT molecular complexity index is 243. The number of carbonyl (C=O) groups is 1. The lowest BCUT2D eigenvalue weighted by atomic mass is 10.2. The quantitative estimate of drug-likeness (QED) is 0.455. The number of alkyl halides is 6. The molecule has 0 amide bonds. The molecular formula is C7H8BrF5O2. The average Bonchev–Trinajstić information content (AvgIpc) is 1.96. The van der Waals surface area contributed by atoms with Gasteiger partial charge < -0.3 is 4.74 Å². The summed E-state index contributed by atoms with van der Waals surface area (Å²) in [6, 6.07) is 0. The first-order chi connectivity index (χ1) is 6.38. The maximum absolute atomic E-state index is 12.3. The molecule has 0 saturated heterocycles. The normalized spacial score (nSPS) is 13.9. The Morgan fingerprint density at radius 2 is 1.60 bits per heavy atom. The second-order valence-corrected chi connectivity index (χ2v) is 5.23. The van der Waals surface area contributed by atoms with Crippen LogP contribution >= 0.6 is 15.9 Å². The van der Waals surface area contributed by atoms with Crippen LogP contribution in [0.5, 0.6) is 0 Å². The van der Waals surface area contributed by atoms with Crippen molar-refractivity contribution in [2.45, 2.75) is 30.3 Å². The summed E-state index contributed by atoms with van der Waals surface area (Å²) in [7, 11) is 0. The number of carbonyl (C=O) groups excluding carboxylic acids is 1. The van der Waals surface area contributed by atoms with Crippen LogP contribution in [0.2, 0.25) is 0 Å². The van der Waals surface area contributed by atoms with Crippen LogP contribution in [0.4, 0.5) is 22.0 Å². The predicted octanol–water partition coefficient (Wildman–Crippen LogP) is 2.90. The van der Waals surface area contributed by atoms with Crippen molar-refractivity contribution in [1.82, 2.24) is 0 Å².